The van der Waals surface area contributed by atoms with Crippen molar-refractivity contribution in [3.63, 3.8) is 0 Å². The molecule has 132 valence electrons. The predicted octanol–water partition coefficient (Wildman–Crippen LogP) is 2.54. The zero-order valence-electron chi connectivity index (χ0n) is 14.4. The number of nitrogens with one attached hydrogen (secondary N) is 1. The highest BCUT2D eigenvalue weighted by Gasteiger charge is 2.21. The molecule has 5 nitrogen and oxygen atoms in total. The van der Waals surface area contributed by atoms with Crippen LogP contribution in [0.15, 0.2) is 24.3 Å². The van der Waals surface area contributed by atoms with E-state index >= 15 is 0 Å². The molecule has 0 aliphatic carbocycles. The van der Waals surface area contributed by atoms with Gasteiger partial charge in [0.1, 0.15) is 0 Å². The molecule has 0 saturated carbocycles. The summed E-state index contributed by atoms with van der Waals surface area (Å²) < 4.78 is 0. The van der Waals surface area contributed by atoms with Crippen LogP contribution in [0.25, 0.3) is 0 Å². The van der Waals surface area contributed by atoms with E-state index in [-0.39, 0.29) is 24.7 Å². The summed E-state index contributed by atoms with van der Waals surface area (Å²) in [5.41, 5.74) is 1.09. The van der Waals surface area contributed by atoms with E-state index in [1.807, 2.05) is 43.0 Å². The Morgan fingerprint density at radius 3 is 2.50 bits per heavy atom. The molecule has 1 aliphatic heterocycles. The Labute approximate surface area is 149 Å². The molecule has 1 fully saturated rings. The second-order valence-electron chi connectivity index (χ2n) is 6.55. The van der Waals surface area contributed by atoms with Gasteiger partial charge in [0.2, 0.25) is 11.8 Å². The summed E-state index contributed by atoms with van der Waals surface area (Å²) in [4.78, 5) is 28.0. The van der Waals surface area contributed by atoms with Crippen LogP contribution in [0.5, 0.6) is 0 Å². The Morgan fingerprint density at radius 1 is 1.17 bits per heavy atom. The quantitative estimate of drug-likeness (QED) is 0.857. The number of hydrogen-bond donors (Lipinski definition) is 1. The number of rotatable bonds is 6. The topological polar surface area (TPSA) is 52.7 Å². The fraction of sp³-hybridized carbons (Fsp3) is 0.556. The molecule has 1 aromatic rings. The maximum atomic E-state index is 12.2. The summed E-state index contributed by atoms with van der Waals surface area (Å²) in [6.07, 6.45) is 0.543. The van der Waals surface area contributed by atoms with Gasteiger partial charge in [-0.1, -0.05) is 31.5 Å². The number of carbonyl (C=O) groups excluding carboxylic acids is 2. The van der Waals surface area contributed by atoms with E-state index in [1.165, 1.54) is 0 Å². The molecular formula is C18H26ClN3O2. The van der Waals surface area contributed by atoms with Gasteiger partial charge in [-0.05, 0) is 24.1 Å². The lowest BCUT2D eigenvalue weighted by Gasteiger charge is -2.36. The van der Waals surface area contributed by atoms with Gasteiger partial charge >= 0.3 is 0 Å². The summed E-state index contributed by atoms with van der Waals surface area (Å²) in [5, 5.41) is 3.56. The van der Waals surface area contributed by atoms with Gasteiger partial charge in [0.15, 0.2) is 0 Å². The molecule has 0 atom stereocenters. The van der Waals surface area contributed by atoms with Crippen LogP contribution in [0, 0.1) is 5.92 Å². The van der Waals surface area contributed by atoms with Crippen molar-refractivity contribution in [2.45, 2.75) is 26.7 Å². The van der Waals surface area contributed by atoms with Gasteiger partial charge in [0.05, 0.1) is 0 Å². The van der Waals surface area contributed by atoms with Crippen molar-refractivity contribution < 1.29 is 9.59 Å². The van der Waals surface area contributed by atoms with Crippen molar-refractivity contribution in [2.75, 3.05) is 37.6 Å². The molecule has 0 unspecified atom stereocenters. The molecule has 0 aromatic heterocycles. The van der Waals surface area contributed by atoms with Crippen molar-refractivity contribution in [3.8, 4) is 0 Å². The van der Waals surface area contributed by atoms with Gasteiger partial charge in [-0.3, -0.25) is 9.59 Å². The van der Waals surface area contributed by atoms with Crippen LogP contribution in [-0.4, -0.2) is 49.4 Å². The van der Waals surface area contributed by atoms with Crippen molar-refractivity contribution in [1.29, 1.82) is 0 Å². The SMILES string of the molecule is CC(C)CNC(=O)CCC(=O)N1CCN(c2cccc(Cl)c2)CC1. The lowest BCUT2D eigenvalue weighted by atomic mass is 10.2. The molecule has 24 heavy (non-hydrogen) atoms. The Hall–Kier alpha value is -1.75. The molecule has 1 aromatic carbocycles. The van der Waals surface area contributed by atoms with E-state index in [0.29, 0.717) is 25.6 Å². The van der Waals surface area contributed by atoms with Gasteiger partial charge in [-0.15, -0.1) is 0 Å². The number of carbonyl (C=O) groups is 2. The van der Waals surface area contributed by atoms with Crippen molar-refractivity contribution >= 4 is 29.1 Å². The van der Waals surface area contributed by atoms with Crippen LogP contribution in [0.4, 0.5) is 5.69 Å². The largest absolute Gasteiger partial charge is 0.368 e. The Balaban J connectivity index is 1.73. The molecule has 1 heterocycles. The summed E-state index contributed by atoms with van der Waals surface area (Å²) >= 11 is 6.03. The third-order valence-electron chi connectivity index (χ3n) is 4.08. The number of anilines is 1. The minimum atomic E-state index is -0.0467. The Morgan fingerprint density at radius 2 is 1.88 bits per heavy atom. The number of piperazine rings is 1. The standard InChI is InChI=1S/C18H26ClN3O2/c1-14(2)13-20-17(23)6-7-18(24)22-10-8-21(9-11-22)16-5-3-4-15(19)12-16/h3-5,12,14H,6-11,13H2,1-2H3,(H,20,23). The second kappa shape index (κ2) is 8.92. The van der Waals surface area contributed by atoms with Gasteiger partial charge < -0.3 is 15.1 Å². The summed E-state index contributed by atoms with van der Waals surface area (Å²) in [7, 11) is 0. The fourth-order valence-corrected chi connectivity index (χ4v) is 2.86. The first kappa shape index (κ1) is 18.6. The van der Waals surface area contributed by atoms with Crippen LogP contribution in [-0.2, 0) is 9.59 Å². The predicted molar refractivity (Wildman–Crippen MR) is 97.3 cm³/mol. The zero-order chi connectivity index (χ0) is 17.5. The van der Waals surface area contributed by atoms with Crippen LogP contribution < -0.4 is 10.2 Å². The van der Waals surface area contributed by atoms with Crippen molar-refractivity contribution in [3.05, 3.63) is 29.3 Å². The number of hydrogen-bond acceptors (Lipinski definition) is 3. The third-order valence-corrected chi connectivity index (χ3v) is 4.31. The molecule has 0 bridgehead atoms. The fourth-order valence-electron chi connectivity index (χ4n) is 2.67. The van der Waals surface area contributed by atoms with Crippen molar-refractivity contribution in [2.24, 2.45) is 5.92 Å². The van der Waals surface area contributed by atoms with E-state index in [0.717, 1.165) is 23.8 Å². The van der Waals surface area contributed by atoms with Gasteiger partial charge in [0.25, 0.3) is 0 Å². The lowest BCUT2D eigenvalue weighted by Crippen LogP contribution is -2.49. The number of amides is 2. The van der Waals surface area contributed by atoms with Crippen LogP contribution in [0.1, 0.15) is 26.7 Å². The van der Waals surface area contributed by atoms with E-state index < -0.39 is 0 Å². The van der Waals surface area contributed by atoms with E-state index in [2.05, 4.69) is 10.2 Å². The highest BCUT2D eigenvalue weighted by molar-refractivity contribution is 6.30. The molecule has 6 heteroatoms. The number of halogens is 1. The third kappa shape index (κ3) is 5.71. The molecule has 1 aliphatic rings. The van der Waals surface area contributed by atoms with Gasteiger partial charge in [-0.25, -0.2) is 0 Å². The maximum absolute atomic E-state index is 12.2. The monoisotopic (exact) mass is 351 g/mol. The Bertz CT molecular complexity index is 569. The first-order valence-corrected chi connectivity index (χ1v) is 8.88. The molecule has 2 amide bonds. The van der Waals surface area contributed by atoms with Crippen molar-refractivity contribution in [1.82, 2.24) is 10.2 Å². The summed E-state index contributed by atoms with van der Waals surface area (Å²) in [5.74, 6) is 0.430. The summed E-state index contributed by atoms with van der Waals surface area (Å²) in [6.45, 7) is 7.68. The minimum Gasteiger partial charge on any atom is -0.368 e. The average Bonchev–Trinajstić information content (AvgIpc) is 2.58. The average molecular weight is 352 g/mol. The molecule has 2 rings (SSSR count). The van der Waals surface area contributed by atoms with E-state index in [4.69, 9.17) is 11.6 Å². The first-order chi connectivity index (χ1) is 11.5. The van der Waals surface area contributed by atoms with Gasteiger partial charge in [0, 0.05) is 56.3 Å². The molecule has 1 N–H and O–H groups in total. The Kier molecular flexibility index (Phi) is 6.91. The van der Waals surface area contributed by atoms with E-state index in [1.54, 1.807) is 0 Å². The molecular weight excluding hydrogens is 326 g/mol. The zero-order valence-corrected chi connectivity index (χ0v) is 15.2. The normalized spacial score (nSPS) is 14.8. The highest BCUT2D eigenvalue weighted by atomic mass is 35.5. The van der Waals surface area contributed by atoms with E-state index in [9.17, 15) is 9.59 Å². The highest BCUT2D eigenvalue weighted by Crippen LogP contribution is 2.21. The van der Waals surface area contributed by atoms with Crippen LogP contribution in [0.2, 0.25) is 5.02 Å². The van der Waals surface area contributed by atoms with Crippen LogP contribution >= 0.6 is 11.6 Å². The maximum Gasteiger partial charge on any atom is 0.223 e. The minimum absolute atomic E-state index is 0.0467. The molecule has 0 radical (unpaired) electrons. The molecule has 1 saturated heterocycles. The van der Waals surface area contributed by atoms with Crippen LogP contribution in [0.3, 0.4) is 0 Å². The first-order valence-electron chi connectivity index (χ1n) is 8.50. The van der Waals surface area contributed by atoms with Gasteiger partial charge in [-0.2, -0.15) is 0 Å². The lowest BCUT2D eigenvalue weighted by molar-refractivity contribution is -0.133. The molecule has 0 spiro atoms. The smallest absolute Gasteiger partial charge is 0.223 e. The number of benzene rings is 1. The number of nitrogens with zero attached hydrogens (tertiary/aromatic N) is 2. The summed E-state index contributed by atoms with van der Waals surface area (Å²) in [6, 6.07) is 7.76. The second-order valence-corrected chi connectivity index (χ2v) is 6.98.